The average molecular weight is 214 g/mol. The molecule has 0 aromatic heterocycles. The van der Waals surface area contributed by atoms with Crippen molar-refractivity contribution in [1.82, 2.24) is 0 Å². The molecule has 0 aromatic rings. The summed E-state index contributed by atoms with van der Waals surface area (Å²) in [6.45, 7) is 13.7. The van der Waals surface area contributed by atoms with E-state index in [9.17, 15) is 4.79 Å². The van der Waals surface area contributed by atoms with Crippen LogP contribution in [0.3, 0.4) is 0 Å². The van der Waals surface area contributed by atoms with Crippen molar-refractivity contribution in [3.05, 3.63) is 24.8 Å². The lowest BCUT2D eigenvalue weighted by atomic mass is 10.3. The van der Waals surface area contributed by atoms with Crippen LogP contribution in [0.15, 0.2) is 24.8 Å². The van der Waals surface area contributed by atoms with Gasteiger partial charge in [-0.05, 0) is 0 Å². The lowest BCUT2D eigenvalue weighted by Gasteiger charge is -2.17. The SMILES string of the molecule is C=CCOC(=O)C(=C)CSC(C)(C)C. The summed E-state index contributed by atoms with van der Waals surface area (Å²) in [5, 5.41) is 0. The fraction of sp³-hybridized carbons (Fsp3) is 0.545. The number of hydrogen-bond acceptors (Lipinski definition) is 3. The average Bonchev–Trinajstić information content (AvgIpc) is 2.09. The molecule has 0 aliphatic rings. The summed E-state index contributed by atoms with van der Waals surface area (Å²) < 4.78 is 4.99. The fourth-order valence-electron chi connectivity index (χ4n) is 0.599. The molecule has 0 spiro atoms. The Bertz CT molecular complexity index is 226. The van der Waals surface area contributed by atoms with E-state index in [-0.39, 0.29) is 17.3 Å². The molecule has 0 rings (SSSR count). The van der Waals surface area contributed by atoms with E-state index in [1.54, 1.807) is 17.8 Å². The van der Waals surface area contributed by atoms with Gasteiger partial charge in [-0.25, -0.2) is 4.79 Å². The van der Waals surface area contributed by atoms with E-state index in [1.807, 2.05) is 0 Å². The molecule has 80 valence electrons. The topological polar surface area (TPSA) is 26.3 Å². The van der Waals surface area contributed by atoms with Crippen molar-refractivity contribution >= 4 is 17.7 Å². The predicted octanol–water partition coefficient (Wildman–Crippen LogP) is 2.80. The van der Waals surface area contributed by atoms with E-state index < -0.39 is 0 Å². The molecule has 0 aliphatic heterocycles. The van der Waals surface area contributed by atoms with Crippen molar-refractivity contribution in [2.45, 2.75) is 25.5 Å². The van der Waals surface area contributed by atoms with Crippen LogP contribution in [0.2, 0.25) is 0 Å². The Morgan fingerprint density at radius 1 is 1.50 bits per heavy atom. The minimum absolute atomic E-state index is 0.141. The summed E-state index contributed by atoms with van der Waals surface area (Å²) in [5.74, 6) is 0.279. The standard InChI is InChI=1S/C11H18O2S/c1-6-7-13-10(12)9(2)8-14-11(3,4)5/h6H,1-2,7-8H2,3-5H3. The highest BCUT2D eigenvalue weighted by molar-refractivity contribution is 8.00. The van der Waals surface area contributed by atoms with E-state index >= 15 is 0 Å². The highest BCUT2D eigenvalue weighted by Crippen LogP contribution is 2.24. The second-order valence-corrected chi connectivity index (χ2v) is 5.69. The van der Waals surface area contributed by atoms with Crippen LogP contribution in [0.5, 0.6) is 0 Å². The summed E-state index contributed by atoms with van der Waals surface area (Å²) >= 11 is 1.68. The molecule has 0 atom stereocenters. The van der Waals surface area contributed by atoms with E-state index in [4.69, 9.17) is 4.74 Å². The largest absolute Gasteiger partial charge is 0.458 e. The molecule has 0 aromatic carbocycles. The first kappa shape index (κ1) is 13.3. The Kier molecular flexibility index (Phi) is 5.62. The van der Waals surface area contributed by atoms with Crippen LogP contribution in [0, 0.1) is 0 Å². The summed E-state index contributed by atoms with van der Waals surface area (Å²) in [5.41, 5.74) is 0.506. The molecule has 0 bridgehead atoms. The fourth-order valence-corrected chi connectivity index (χ4v) is 1.32. The first-order valence-corrected chi connectivity index (χ1v) is 5.45. The summed E-state index contributed by atoms with van der Waals surface area (Å²) in [6, 6.07) is 0. The number of carbonyl (C=O) groups excluding carboxylic acids is 1. The van der Waals surface area contributed by atoms with Gasteiger partial charge in [-0.2, -0.15) is 11.8 Å². The summed E-state index contributed by atoms with van der Waals surface area (Å²) in [6.07, 6.45) is 1.54. The molecule has 0 saturated carbocycles. The third-order valence-corrected chi connectivity index (χ3v) is 2.66. The van der Waals surface area contributed by atoms with Crippen molar-refractivity contribution < 1.29 is 9.53 Å². The van der Waals surface area contributed by atoms with Crippen LogP contribution in [-0.4, -0.2) is 23.1 Å². The van der Waals surface area contributed by atoms with Crippen molar-refractivity contribution in [3.8, 4) is 0 Å². The van der Waals surface area contributed by atoms with Gasteiger partial charge in [0.2, 0.25) is 0 Å². The molecule has 0 heterocycles. The van der Waals surface area contributed by atoms with Crippen LogP contribution in [-0.2, 0) is 9.53 Å². The quantitative estimate of drug-likeness (QED) is 0.400. The zero-order valence-electron chi connectivity index (χ0n) is 9.13. The smallest absolute Gasteiger partial charge is 0.334 e. The van der Waals surface area contributed by atoms with Gasteiger partial charge in [0, 0.05) is 16.1 Å². The Morgan fingerprint density at radius 3 is 2.50 bits per heavy atom. The predicted molar refractivity (Wildman–Crippen MR) is 62.5 cm³/mol. The van der Waals surface area contributed by atoms with Gasteiger partial charge in [0.25, 0.3) is 0 Å². The van der Waals surface area contributed by atoms with Gasteiger partial charge in [0.15, 0.2) is 0 Å². The molecular formula is C11H18O2S. The number of hydrogen-bond donors (Lipinski definition) is 0. The molecule has 0 unspecified atom stereocenters. The number of rotatable bonds is 5. The Hall–Kier alpha value is -0.700. The molecule has 0 radical (unpaired) electrons. The number of ether oxygens (including phenoxy) is 1. The maximum atomic E-state index is 11.2. The van der Waals surface area contributed by atoms with Crippen LogP contribution in [0.1, 0.15) is 20.8 Å². The molecule has 14 heavy (non-hydrogen) atoms. The van der Waals surface area contributed by atoms with E-state index in [1.165, 1.54) is 0 Å². The van der Waals surface area contributed by atoms with Crippen molar-refractivity contribution in [1.29, 1.82) is 0 Å². The third kappa shape index (κ3) is 6.78. The Balaban J connectivity index is 3.85. The van der Waals surface area contributed by atoms with E-state index in [0.29, 0.717) is 11.3 Å². The van der Waals surface area contributed by atoms with Gasteiger partial charge in [-0.15, -0.1) is 0 Å². The number of esters is 1. The van der Waals surface area contributed by atoms with Gasteiger partial charge in [0.1, 0.15) is 6.61 Å². The van der Waals surface area contributed by atoms with Crippen molar-refractivity contribution in [2.75, 3.05) is 12.4 Å². The molecule has 0 amide bonds. The van der Waals surface area contributed by atoms with Gasteiger partial charge in [0.05, 0.1) is 0 Å². The van der Waals surface area contributed by atoms with Gasteiger partial charge < -0.3 is 4.74 Å². The van der Waals surface area contributed by atoms with E-state index in [0.717, 1.165) is 0 Å². The molecule has 2 nitrogen and oxygen atoms in total. The first-order valence-electron chi connectivity index (χ1n) is 4.46. The maximum absolute atomic E-state index is 11.2. The van der Waals surface area contributed by atoms with Gasteiger partial charge >= 0.3 is 5.97 Å². The van der Waals surface area contributed by atoms with Crippen molar-refractivity contribution in [3.63, 3.8) is 0 Å². The second-order valence-electron chi connectivity index (χ2n) is 3.89. The Morgan fingerprint density at radius 2 is 2.07 bits per heavy atom. The number of thioether (sulfide) groups is 1. The first-order chi connectivity index (χ1) is 6.37. The minimum atomic E-state index is -0.332. The normalized spacial score (nSPS) is 10.8. The van der Waals surface area contributed by atoms with Crippen LogP contribution < -0.4 is 0 Å². The lowest BCUT2D eigenvalue weighted by molar-refractivity contribution is -0.137. The maximum Gasteiger partial charge on any atom is 0.334 e. The van der Waals surface area contributed by atoms with Crippen LogP contribution >= 0.6 is 11.8 Å². The second kappa shape index (κ2) is 5.91. The highest BCUT2D eigenvalue weighted by atomic mass is 32.2. The molecule has 0 N–H and O–H groups in total. The van der Waals surface area contributed by atoms with E-state index in [2.05, 4.69) is 33.9 Å². The molecule has 0 fully saturated rings. The lowest BCUT2D eigenvalue weighted by Crippen LogP contribution is -2.13. The highest BCUT2D eigenvalue weighted by Gasteiger charge is 2.14. The summed E-state index contributed by atoms with van der Waals surface area (Å²) in [7, 11) is 0. The summed E-state index contributed by atoms with van der Waals surface area (Å²) in [4.78, 5) is 11.2. The Labute approximate surface area is 90.4 Å². The molecule has 3 heteroatoms. The number of carbonyl (C=O) groups is 1. The molecular weight excluding hydrogens is 196 g/mol. The zero-order valence-corrected chi connectivity index (χ0v) is 9.95. The third-order valence-electron chi connectivity index (χ3n) is 1.30. The minimum Gasteiger partial charge on any atom is -0.458 e. The van der Waals surface area contributed by atoms with Crippen molar-refractivity contribution in [2.24, 2.45) is 0 Å². The van der Waals surface area contributed by atoms with Crippen LogP contribution in [0.4, 0.5) is 0 Å². The zero-order chi connectivity index (χ0) is 11.2. The van der Waals surface area contributed by atoms with Crippen LogP contribution in [0.25, 0.3) is 0 Å². The monoisotopic (exact) mass is 214 g/mol. The van der Waals surface area contributed by atoms with Gasteiger partial charge in [-0.1, -0.05) is 40.0 Å². The molecule has 0 aliphatic carbocycles. The van der Waals surface area contributed by atoms with Gasteiger partial charge in [-0.3, -0.25) is 0 Å². The molecule has 0 saturated heterocycles.